The molecule has 2 atom stereocenters. The highest BCUT2D eigenvalue weighted by atomic mass is 32.2. The van der Waals surface area contributed by atoms with E-state index in [1.165, 1.54) is 0 Å². The molecule has 0 spiro atoms. The number of pyridine rings is 1. The molecular formula is C23H25N7O3S. The molecule has 3 aromatic heterocycles. The van der Waals surface area contributed by atoms with Gasteiger partial charge >= 0.3 is 0 Å². The summed E-state index contributed by atoms with van der Waals surface area (Å²) in [5.74, 6) is 2.25. The summed E-state index contributed by atoms with van der Waals surface area (Å²) in [7, 11) is 1.52. The van der Waals surface area contributed by atoms with Crippen LogP contribution in [0.2, 0.25) is 0 Å². The highest BCUT2D eigenvalue weighted by Gasteiger charge is 2.25. The second-order valence-electron chi connectivity index (χ2n) is 7.61. The number of nitrogens with one attached hydrogen (secondary N) is 1. The van der Waals surface area contributed by atoms with Gasteiger partial charge < -0.3 is 9.47 Å². The molecule has 0 bridgehead atoms. The van der Waals surface area contributed by atoms with Crippen LogP contribution in [0.3, 0.4) is 0 Å². The summed E-state index contributed by atoms with van der Waals surface area (Å²) < 4.78 is 29.2. The van der Waals surface area contributed by atoms with Crippen molar-refractivity contribution < 1.29 is 13.7 Å². The van der Waals surface area contributed by atoms with Crippen molar-refractivity contribution >= 4 is 16.9 Å². The van der Waals surface area contributed by atoms with Gasteiger partial charge in [-0.05, 0) is 50.1 Å². The second-order valence-corrected chi connectivity index (χ2v) is 9.11. The lowest BCUT2D eigenvalue weighted by molar-refractivity contribution is 0.391. The van der Waals surface area contributed by atoms with Gasteiger partial charge in [-0.1, -0.05) is 6.07 Å². The Balaban J connectivity index is 1.83. The minimum absolute atomic E-state index is 0.247. The third-order valence-corrected chi connectivity index (χ3v) is 6.34. The first-order chi connectivity index (χ1) is 16.4. The molecule has 34 heavy (non-hydrogen) atoms. The van der Waals surface area contributed by atoms with Gasteiger partial charge in [-0.15, -0.1) is 10.2 Å². The molecule has 176 valence electrons. The second kappa shape index (κ2) is 9.96. The van der Waals surface area contributed by atoms with Gasteiger partial charge in [0.15, 0.2) is 5.82 Å². The molecule has 0 aliphatic carbocycles. The van der Waals surface area contributed by atoms with Gasteiger partial charge in [0.2, 0.25) is 5.95 Å². The van der Waals surface area contributed by atoms with Crippen LogP contribution in [-0.2, 0) is 11.0 Å². The van der Waals surface area contributed by atoms with Crippen molar-refractivity contribution in [3.8, 4) is 28.6 Å². The first-order valence-corrected chi connectivity index (χ1v) is 11.7. The molecule has 11 heteroatoms. The van der Waals surface area contributed by atoms with Crippen LogP contribution < -0.4 is 14.2 Å². The first kappa shape index (κ1) is 23.3. The molecule has 4 aromatic rings. The van der Waals surface area contributed by atoms with Crippen LogP contribution in [-0.4, -0.2) is 48.1 Å². The smallest absolute Gasteiger partial charge is 0.241 e. The minimum Gasteiger partial charge on any atom is -0.494 e. The maximum Gasteiger partial charge on any atom is 0.241 e. The normalized spacial score (nSPS) is 12.7. The van der Waals surface area contributed by atoms with E-state index < -0.39 is 16.2 Å². The molecule has 3 heterocycles. The van der Waals surface area contributed by atoms with E-state index in [4.69, 9.17) is 9.47 Å². The molecular weight excluding hydrogens is 454 g/mol. The Morgan fingerprint density at radius 1 is 0.971 bits per heavy atom. The molecule has 0 saturated heterocycles. The van der Waals surface area contributed by atoms with E-state index in [0.29, 0.717) is 28.8 Å². The molecule has 1 aromatic carbocycles. The number of hydrogen-bond donors (Lipinski definition) is 1. The standard InChI is InChI=1S/C23H25N7O3S/c1-14-9-17(13-24-10-14)22-27-28-23(29-34(31)16(3)21-25-11-15(2)12-26-21)30(22)20-18(32-4)7-6-8-19(20)33-5/h6-13,16H,1-5H3,(H,28,29)/t16-,34?/m0/s1. The number of anilines is 1. The largest absolute Gasteiger partial charge is 0.494 e. The van der Waals surface area contributed by atoms with Gasteiger partial charge in [0, 0.05) is 30.4 Å². The molecule has 1 N–H and O–H groups in total. The summed E-state index contributed by atoms with van der Waals surface area (Å²) >= 11 is 0. The van der Waals surface area contributed by atoms with Crippen LogP contribution in [0.5, 0.6) is 11.5 Å². The molecule has 0 aliphatic rings. The van der Waals surface area contributed by atoms with Crippen LogP contribution in [0.15, 0.2) is 49.1 Å². The highest BCUT2D eigenvalue weighted by Crippen LogP contribution is 2.37. The monoisotopic (exact) mass is 479 g/mol. The van der Waals surface area contributed by atoms with Crippen LogP contribution >= 0.6 is 0 Å². The zero-order valence-electron chi connectivity index (χ0n) is 19.5. The molecule has 10 nitrogen and oxygen atoms in total. The van der Waals surface area contributed by atoms with Gasteiger partial charge in [0.05, 0.1) is 14.2 Å². The number of para-hydroxylation sites is 1. The van der Waals surface area contributed by atoms with Gasteiger partial charge in [-0.2, -0.15) is 0 Å². The van der Waals surface area contributed by atoms with Crippen molar-refractivity contribution in [2.45, 2.75) is 26.0 Å². The van der Waals surface area contributed by atoms with Crippen LogP contribution in [0, 0.1) is 13.8 Å². The average Bonchev–Trinajstić information content (AvgIpc) is 3.26. The van der Waals surface area contributed by atoms with E-state index in [0.717, 1.165) is 16.7 Å². The topological polar surface area (TPSA) is 117 Å². The van der Waals surface area contributed by atoms with Crippen molar-refractivity contribution in [1.82, 2.24) is 29.7 Å². The summed E-state index contributed by atoms with van der Waals surface area (Å²) in [6.45, 7) is 5.62. The molecule has 1 unspecified atom stereocenters. The van der Waals surface area contributed by atoms with Crippen molar-refractivity contribution in [2.75, 3.05) is 18.9 Å². The summed E-state index contributed by atoms with van der Waals surface area (Å²) in [6, 6.07) is 7.37. The molecule has 0 radical (unpaired) electrons. The SMILES string of the molecule is COc1cccc(OC)c1-n1c(NS(=O)[C@@H](C)c2ncc(C)cn2)nnc1-c1cncc(C)c1. The fraction of sp³-hybridized carbons (Fsp3) is 0.261. The number of benzene rings is 1. The third kappa shape index (κ3) is 4.60. The highest BCUT2D eigenvalue weighted by molar-refractivity contribution is 7.86. The van der Waals surface area contributed by atoms with Crippen LogP contribution in [0.25, 0.3) is 17.1 Å². The van der Waals surface area contributed by atoms with Gasteiger partial charge in [0.1, 0.15) is 39.2 Å². The molecule has 0 fully saturated rings. The summed E-state index contributed by atoms with van der Waals surface area (Å²) in [5, 5.41) is 8.19. The van der Waals surface area contributed by atoms with Gasteiger partial charge in [-0.25, -0.2) is 14.2 Å². The number of nitrogens with zero attached hydrogens (tertiary/aromatic N) is 6. The summed E-state index contributed by atoms with van der Waals surface area (Å²) in [4.78, 5) is 12.9. The third-order valence-electron chi connectivity index (χ3n) is 5.10. The van der Waals surface area contributed by atoms with E-state index in [2.05, 4.69) is 29.9 Å². The van der Waals surface area contributed by atoms with Gasteiger partial charge in [-0.3, -0.25) is 14.3 Å². The quantitative estimate of drug-likeness (QED) is 0.407. The predicted octanol–water partition coefficient (Wildman–Crippen LogP) is 3.59. The minimum atomic E-state index is -1.62. The van der Waals surface area contributed by atoms with E-state index >= 15 is 0 Å². The number of ether oxygens (including phenoxy) is 2. The Morgan fingerprint density at radius 3 is 2.26 bits per heavy atom. The zero-order chi connectivity index (χ0) is 24.2. The van der Waals surface area contributed by atoms with E-state index in [1.54, 1.807) is 62.6 Å². The first-order valence-electron chi connectivity index (χ1n) is 10.5. The maximum atomic E-state index is 13.3. The number of rotatable bonds is 8. The van der Waals surface area contributed by atoms with Crippen molar-refractivity contribution in [3.63, 3.8) is 0 Å². The van der Waals surface area contributed by atoms with E-state index in [-0.39, 0.29) is 5.95 Å². The fourth-order valence-electron chi connectivity index (χ4n) is 3.37. The van der Waals surface area contributed by atoms with Gasteiger partial charge in [0.25, 0.3) is 0 Å². The van der Waals surface area contributed by atoms with Crippen LogP contribution in [0.4, 0.5) is 5.95 Å². The van der Waals surface area contributed by atoms with Crippen molar-refractivity contribution in [2.24, 2.45) is 0 Å². The Bertz CT molecular complexity index is 1300. The van der Waals surface area contributed by atoms with E-state index in [1.807, 2.05) is 26.0 Å². The summed E-state index contributed by atoms with van der Waals surface area (Å²) in [6.07, 6.45) is 6.84. The number of hydrogen-bond acceptors (Lipinski definition) is 8. The lowest BCUT2D eigenvalue weighted by Gasteiger charge is -2.18. The lowest BCUT2D eigenvalue weighted by Crippen LogP contribution is -2.17. The average molecular weight is 480 g/mol. The molecule has 0 amide bonds. The van der Waals surface area contributed by atoms with Crippen LogP contribution in [0.1, 0.15) is 29.1 Å². The van der Waals surface area contributed by atoms with E-state index in [9.17, 15) is 4.21 Å². The maximum absolute atomic E-state index is 13.3. The number of aryl methyl sites for hydroxylation is 2. The fourth-order valence-corrected chi connectivity index (χ4v) is 4.17. The van der Waals surface area contributed by atoms with Crippen molar-refractivity contribution in [1.29, 1.82) is 0 Å². The van der Waals surface area contributed by atoms with Crippen molar-refractivity contribution in [3.05, 3.63) is 66.0 Å². The molecule has 0 aliphatic heterocycles. The predicted molar refractivity (Wildman–Crippen MR) is 129 cm³/mol. The zero-order valence-corrected chi connectivity index (χ0v) is 20.3. The Morgan fingerprint density at radius 2 is 1.65 bits per heavy atom. The Kier molecular flexibility index (Phi) is 6.82. The summed E-state index contributed by atoms with van der Waals surface area (Å²) in [5.41, 5.74) is 3.18. The molecule has 4 rings (SSSR count). The number of aromatic nitrogens is 6. The number of methoxy groups -OCH3 is 2. The lowest BCUT2D eigenvalue weighted by atomic mass is 10.2. The molecule has 0 saturated carbocycles. The Labute approximate surface area is 200 Å². The Hall–Kier alpha value is -3.86.